The quantitative estimate of drug-likeness (QED) is 0.819. The predicted octanol–water partition coefficient (Wildman–Crippen LogP) is 1.41. The van der Waals surface area contributed by atoms with E-state index in [0.29, 0.717) is 18.7 Å². The van der Waals surface area contributed by atoms with Crippen LogP contribution < -0.4 is 0 Å². The van der Waals surface area contributed by atoms with Crippen LogP contribution in [0.2, 0.25) is 0 Å². The Bertz CT molecular complexity index is 488. The summed E-state index contributed by atoms with van der Waals surface area (Å²) >= 11 is 0. The second-order valence-corrected chi connectivity index (χ2v) is 5.44. The van der Waals surface area contributed by atoms with Gasteiger partial charge in [-0.05, 0) is 31.9 Å². The van der Waals surface area contributed by atoms with Crippen molar-refractivity contribution in [3.8, 4) is 0 Å². The monoisotopic (exact) mass is 276 g/mol. The summed E-state index contributed by atoms with van der Waals surface area (Å²) in [6.45, 7) is 3.13. The van der Waals surface area contributed by atoms with Gasteiger partial charge in [-0.3, -0.25) is 9.78 Å². The summed E-state index contributed by atoms with van der Waals surface area (Å²) < 4.78 is 11.3. The molecule has 1 aliphatic heterocycles. The van der Waals surface area contributed by atoms with Gasteiger partial charge in [0.05, 0.1) is 24.3 Å². The second-order valence-electron chi connectivity index (χ2n) is 5.44. The predicted molar refractivity (Wildman–Crippen MR) is 73.6 cm³/mol. The van der Waals surface area contributed by atoms with E-state index in [-0.39, 0.29) is 24.2 Å². The molecule has 1 saturated carbocycles. The van der Waals surface area contributed by atoms with E-state index >= 15 is 0 Å². The maximum atomic E-state index is 12.6. The molecule has 1 aromatic heterocycles. The molecule has 0 bridgehead atoms. The average Bonchev–Trinajstić information content (AvgIpc) is 2.90. The molecule has 0 aromatic carbocycles. The van der Waals surface area contributed by atoms with Crippen LogP contribution in [0.5, 0.6) is 0 Å². The minimum absolute atomic E-state index is 0.0103. The summed E-state index contributed by atoms with van der Waals surface area (Å²) in [6, 6.07) is 3.85. The van der Waals surface area contributed by atoms with Crippen LogP contribution in [0.1, 0.15) is 28.9 Å². The molecule has 108 valence electrons. The van der Waals surface area contributed by atoms with Gasteiger partial charge in [-0.2, -0.15) is 0 Å². The number of ether oxygens (including phenoxy) is 2. The van der Waals surface area contributed by atoms with Gasteiger partial charge in [-0.15, -0.1) is 0 Å². The van der Waals surface area contributed by atoms with Crippen LogP contribution in [0.25, 0.3) is 0 Å². The van der Waals surface area contributed by atoms with Crippen LogP contribution >= 0.6 is 0 Å². The SMILES string of the molecule is CO[C@@H]1CC[C@H]2[C@H]1OCCN2C(=O)c1ccc(C)nc1. The number of carbonyl (C=O) groups is 1. The largest absolute Gasteiger partial charge is 0.379 e. The Hall–Kier alpha value is -1.46. The number of rotatable bonds is 2. The fourth-order valence-electron chi connectivity index (χ4n) is 3.18. The third-order valence-electron chi connectivity index (χ3n) is 4.26. The summed E-state index contributed by atoms with van der Waals surface area (Å²) in [5.74, 6) is 0.0487. The van der Waals surface area contributed by atoms with E-state index < -0.39 is 0 Å². The average molecular weight is 276 g/mol. The van der Waals surface area contributed by atoms with Gasteiger partial charge in [-0.25, -0.2) is 0 Å². The van der Waals surface area contributed by atoms with Gasteiger partial charge in [0, 0.05) is 25.5 Å². The van der Waals surface area contributed by atoms with Crippen molar-refractivity contribution in [2.24, 2.45) is 0 Å². The van der Waals surface area contributed by atoms with Crippen molar-refractivity contribution in [1.29, 1.82) is 0 Å². The fraction of sp³-hybridized carbons (Fsp3) is 0.600. The minimum Gasteiger partial charge on any atom is -0.379 e. The molecular weight excluding hydrogens is 256 g/mol. The first-order valence-electron chi connectivity index (χ1n) is 7.08. The number of carbonyl (C=O) groups excluding carboxylic acids is 1. The number of nitrogens with zero attached hydrogens (tertiary/aromatic N) is 2. The molecular formula is C15H20N2O3. The topological polar surface area (TPSA) is 51.7 Å². The Balaban J connectivity index is 1.79. The molecule has 3 atom stereocenters. The van der Waals surface area contributed by atoms with E-state index in [4.69, 9.17) is 9.47 Å². The number of amides is 1. The molecule has 0 spiro atoms. The molecule has 1 aliphatic carbocycles. The first kappa shape index (κ1) is 13.5. The number of hydrogen-bond acceptors (Lipinski definition) is 4. The van der Waals surface area contributed by atoms with Crippen LogP contribution in [0.15, 0.2) is 18.3 Å². The molecule has 0 radical (unpaired) electrons. The number of morpholine rings is 1. The highest BCUT2D eigenvalue weighted by Crippen LogP contribution is 2.32. The maximum absolute atomic E-state index is 12.6. The summed E-state index contributed by atoms with van der Waals surface area (Å²) in [7, 11) is 1.71. The van der Waals surface area contributed by atoms with Crippen molar-refractivity contribution in [3.05, 3.63) is 29.6 Å². The molecule has 2 aliphatic rings. The lowest BCUT2D eigenvalue weighted by atomic mass is 10.1. The third kappa shape index (κ3) is 2.31. The number of aromatic nitrogens is 1. The van der Waals surface area contributed by atoms with Crippen LogP contribution in [-0.4, -0.2) is 54.3 Å². The van der Waals surface area contributed by atoms with Crippen molar-refractivity contribution in [3.63, 3.8) is 0 Å². The van der Waals surface area contributed by atoms with Crippen LogP contribution in [0.4, 0.5) is 0 Å². The molecule has 2 heterocycles. The molecule has 2 fully saturated rings. The van der Waals surface area contributed by atoms with E-state index in [1.807, 2.05) is 24.0 Å². The lowest BCUT2D eigenvalue weighted by Gasteiger charge is -2.38. The molecule has 5 heteroatoms. The lowest BCUT2D eigenvalue weighted by molar-refractivity contribution is -0.0946. The van der Waals surface area contributed by atoms with E-state index in [2.05, 4.69) is 4.98 Å². The Kier molecular flexibility index (Phi) is 3.72. The highest BCUT2D eigenvalue weighted by molar-refractivity contribution is 5.94. The van der Waals surface area contributed by atoms with E-state index in [0.717, 1.165) is 18.5 Å². The Morgan fingerprint density at radius 1 is 1.45 bits per heavy atom. The number of pyridine rings is 1. The normalized spacial score (nSPS) is 29.3. The minimum atomic E-state index is 0.0103. The summed E-state index contributed by atoms with van der Waals surface area (Å²) in [4.78, 5) is 18.8. The maximum Gasteiger partial charge on any atom is 0.255 e. The van der Waals surface area contributed by atoms with Gasteiger partial charge in [0.25, 0.3) is 5.91 Å². The van der Waals surface area contributed by atoms with Gasteiger partial charge in [0.1, 0.15) is 6.10 Å². The number of fused-ring (bicyclic) bond motifs is 1. The van der Waals surface area contributed by atoms with Crippen molar-refractivity contribution in [1.82, 2.24) is 9.88 Å². The molecule has 20 heavy (non-hydrogen) atoms. The van der Waals surface area contributed by atoms with E-state index in [1.54, 1.807) is 13.3 Å². The smallest absolute Gasteiger partial charge is 0.255 e. The third-order valence-corrected chi connectivity index (χ3v) is 4.26. The first-order valence-corrected chi connectivity index (χ1v) is 7.08. The summed E-state index contributed by atoms with van der Waals surface area (Å²) in [5.41, 5.74) is 1.57. The second kappa shape index (κ2) is 5.50. The van der Waals surface area contributed by atoms with Crippen LogP contribution in [-0.2, 0) is 9.47 Å². The fourth-order valence-corrected chi connectivity index (χ4v) is 3.18. The van der Waals surface area contributed by atoms with Crippen molar-refractivity contribution < 1.29 is 14.3 Å². The number of hydrogen-bond donors (Lipinski definition) is 0. The van der Waals surface area contributed by atoms with Gasteiger partial charge < -0.3 is 14.4 Å². The number of methoxy groups -OCH3 is 1. The number of aryl methyl sites for hydroxylation is 1. The molecule has 1 aromatic rings. The summed E-state index contributed by atoms with van der Waals surface area (Å²) in [5, 5.41) is 0. The molecule has 3 rings (SSSR count). The Morgan fingerprint density at radius 2 is 2.30 bits per heavy atom. The highest BCUT2D eigenvalue weighted by Gasteiger charge is 2.44. The molecule has 0 unspecified atom stereocenters. The Morgan fingerprint density at radius 3 is 3.00 bits per heavy atom. The van der Waals surface area contributed by atoms with Crippen molar-refractivity contribution >= 4 is 5.91 Å². The molecule has 1 saturated heterocycles. The van der Waals surface area contributed by atoms with Gasteiger partial charge in [-0.1, -0.05) is 0 Å². The van der Waals surface area contributed by atoms with Crippen molar-refractivity contribution in [2.75, 3.05) is 20.3 Å². The lowest BCUT2D eigenvalue weighted by Crippen LogP contribution is -2.53. The van der Waals surface area contributed by atoms with Gasteiger partial charge in [0.15, 0.2) is 0 Å². The zero-order chi connectivity index (χ0) is 14.1. The molecule has 5 nitrogen and oxygen atoms in total. The van der Waals surface area contributed by atoms with Gasteiger partial charge in [0.2, 0.25) is 0 Å². The van der Waals surface area contributed by atoms with Crippen LogP contribution in [0, 0.1) is 6.92 Å². The zero-order valence-electron chi connectivity index (χ0n) is 11.9. The summed E-state index contributed by atoms with van der Waals surface area (Å²) in [6.07, 6.45) is 3.66. The zero-order valence-corrected chi connectivity index (χ0v) is 11.9. The Labute approximate surface area is 118 Å². The molecule has 0 N–H and O–H groups in total. The van der Waals surface area contributed by atoms with Crippen LogP contribution in [0.3, 0.4) is 0 Å². The van der Waals surface area contributed by atoms with Crippen molar-refractivity contribution in [2.45, 2.75) is 38.0 Å². The molecule has 1 amide bonds. The standard InChI is InChI=1S/C15H20N2O3/c1-10-3-4-11(9-16-10)15(18)17-7-8-20-14-12(17)5-6-13(14)19-2/h3-4,9,12-14H,5-8H2,1-2H3/t12-,13+,14+/m0/s1. The van der Waals surface area contributed by atoms with E-state index in [9.17, 15) is 4.79 Å². The highest BCUT2D eigenvalue weighted by atomic mass is 16.5. The first-order chi connectivity index (χ1) is 9.70. The van der Waals surface area contributed by atoms with E-state index in [1.165, 1.54) is 0 Å². The van der Waals surface area contributed by atoms with Gasteiger partial charge >= 0.3 is 0 Å².